The van der Waals surface area contributed by atoms with Gasteiger partial charge >= 0.3 is 0 Å². The Bertz CT molecular complexity index is 309. The lowest BCUT2D eigenvalue weighted by Crippen LogP contribution is -2.22. The summed E-state index contributed by atoms with van der Waals surface area (Å²) in [5, 5.41) is 8.97. The minimum Gasteiger partial charge on any atom is -0.392 e. The van der Waals surface area contributed by atoms with E-state index in [2.05, 4.69) is 26.0 Å². The maximum Gasteiger partial charge on any atom is 0.0642 e. The average Bonchev–Trinajstić information content (AvgIpc) is 2.74. The van der Waals surface area contributed by atoms with E-state index in [1.807, 2.05) is 6.92 Å². The largest absolute Gasteiger partial charge is 0.392 e. The van der Waals surface area contributed by atoms with Crippen molar-refractivity contribution >= 4 is 0 Å². The van der Waals surface area contributed by atoms with E-state index in [1.54, 1.807) is 5.57 Å². The lowest BCUT2D eigenvalue weighted by molar-refractivity contribution is 0.288. The van der Waals surface area contributed by atoms with Crippen LogP contribution in [0, 0.1) is 17.3 Å². The summed E-state index contributed by atoms with van der Waals surface area (Å²) in [6.45, 7) is 6.92. The number of fused-ring (bicyclic) bond motifs is 2. The first-order valence-electron chi connectivity index (χ1n) is 6.04. The van der Waals surface area contributed by atoms with E-state index in [0.29, 0.717) is 5.41 Å². The first-order valence-corrected chi connectivity index (χ1v) is 6.04. The van der Waals surface area contributed by atoms with Crippen molar-refractivity contribution in [1.29, 1.82) is 0 Å². The van der Waals surface area contributed by atoms with Gasteiger partial charge in [0.2, 0.25) is 0 Å². The second kappa shape index (κ2) is 3.79. The van der Waals surface area contributed by atoms with Gasteiger partial charge in [-0.15, -0.1) is 0 Å². The summed E-state index contributed by atoms with van der Waals surface area (Å²) in [5.41, 5.74) is 3.07. The van der Waals surface area contributed by atoms with Crippen molar-refractivity contribution in [2.24, 2.45) is 17.3 Å². The van der Waals surface area contributed by atoms with Crippen LogP contribution in [0.3, 0.4) is 0 Å². The fourth-order valence-corrected chi connectivity index (χ4v) is 3.32. The minimum absolute atomic E-state index is 0.179. The van der Waals surface area contributed by atoms with Crippen LogP contribution < -0.4 is 0 Å². The number of allylic oxidation sites excluding steroid dienone is 3. The molecule has 2 unspecified atom stereocenters. The van der Waals surface area contributed by atoms with Gasteiger partial charge in [0.25, 0.3) is 0 Å². The summed E-state index contributed by atoms with van der Waals surface area (Å²) < 4.78 is 0. The Hall–Kier alpha value is -0.560. The molecule has 2 atom stereocenters. The van der Waals surface area contributed by atoms with Gasteiger partial charge in [-0.2, -0.15) is 0 Å². The monoisotopic (exact) mass is 206 g/mol. The van der Waals surface area contributed by atoms with E-state index in [0.717, 1.165) is 17.4 Å². The summed E-state index contributed by atoms with van der Waals surface area (Å²) in [4.78, 5) is 0. The average molecular weight is 206 g/mol. The minimum atomic E-state index is 0.179. The molecule has 0 aromatic carbocycles. The third-order valence-electron chi connectivity index (χ3n) is 4.43. The Morgan fingerprint density at radius 3 is 2.73 bits per heavy atom. The molecule has 1 nitrogen and oxygen atoms in total. The fourth-order valence-electron chi connectivity index (χ4n) is 3.32. The van der Waals surface area contributed by atoms with Crippen molar-refractivity contribution in [3.05, 3.63) is 23.3 Å². The molecule has 0 aromatic rings. The summed E-state index contributed by atoms with van der Waals surface area (Å²) in [6, 6.07) is 0. The third-order valence-corrected chi connectivity index (χ3v) is 4.43. The number of hydrogen-bond acceptors (Lipinski definition) is 1. The molecule has 2 aliphatic rings. The van der Waals surface area contributed by atoms with Crippen molar-refractivity contribution in [3.63, 3.8) is 0 Å². The SMILES string of the molecule is C/C(=C\C=C1/C2CCC(C2)C1(C)C)CO. The van der Waals surface area contributed by atoms with Gasteiger partial charge in [-0.1, -0.05) is 31.6 Å². The van der Waals surface area contributed by atoms with Crippen LogP contribution in [-0.2, 0) is 0 Å². The smallest absolute Gasteiger partial charge is 0.0642 e. The predicted molar refractivity (Wildman–Crippen MR) is 63.5 cm³/mol. The highest BCUT2D eigenvalue weighted by molar-refractivity contribution is 5.30. The third kappa shape index (κ3) is 1.78. The topological polar surface area (TPSA) is 20.2 Å². The van der Waals surface area contributed by atoms with Crippen LogP contribution in [0.25, 0.3) is 0 Å². The quantitative estimate of drug-likeness (QED) is 0.735. The van der Waals surface area contributed by atoms with Crippen molar-refractivity contribution in [2.45, 2.75) is 40.0 Å². The molecule has 0 aromatic heterocycles. The van der Waals surface area contributed by atoms with Crippen LogP contribution in [0.1, 0.15) is 40.0 Å². The van der Waals surface area contributed by atoms with Crippen LogP contribution in [-0.4, -0.2) is 11.7 Å². The Kier molecular flexibility index (Phi) is 2.76. The molecular formula is C14H22O. The molecular weight excluding hydrogens is 184 g/mol. The molecule has 1 heteroatoms. The zero-order valence-corrected chi connectivity index (χ0v) is 10.1. The van der Waals surface area contributed by atoms with E-state index in [1.165, 1.54) is 19.3 Å². The number of rotatable bonds is 2. The normalized spacial score (nSPS) is 36.5. The molecule has 0 saturated heterocycles. The lowest BCUT2D eigenvalue weighted by Gasteiger charge is -2.32. The summed E-state index contributed by atoms with van der Waals surface area (Å²) in [5.74, 6) is 1.73. The van der Waals surface area contributed by atoms with Crippen molar-refractivity contribution in [3.8, 4) is 0 Å². The van der Waals surface area contributed by atoms with Gasteiger partial charge in [-0.25, -0.2) is 0 Å². The Labute approximate surface area is 92.9 Å². The number of aliphatic hydroxyl groups is 1. The predicted octanol–water partition coefficient (Wildman–Crippen LogP) is 3.31. The highest BCUT2D eigenvalue weighted by Gasteiger charge is 2.48. The number of hydrogen-bond donors (Lipinski definition) is 1. The molecule has 2 saturated carbocycles. The molecule has 2 rings (SSSR count). The Morgan fingerprint density at radius 1 is 1.47 bits per heavy atom. The fraction of sp³-hybridized carbons (Fsp3) is 0.714. The van der Waals surface area contributed by atoms with E-state index in [4.69, 9.17) is 5.11 Å². The standard InChI is InChI=1S/C14H22O/c1-10(9-15)4-7-13-11-5-6-12(8-11)14(13,2)3/h4,7,11-12,15H,5-6,8-9H2,1-3H3/b10-4+,13-7+. The maximum atomic E-state index is 8.97. The van der Waals surface area contributed by atoms with Crippen LogP contribution in [0.2, 0.25) is 0 Å². The van der Waals surface area contributed by atoms with Gasteiger partial charge < -0.3 is 5.11 Å². The summed E-state index contributed by atoms with van der Waals surface area (Å²) in [6.07, 6.45) is 8.56. The van der Waals surface area contributed by atoms with E-state index >= 15 is 0 Å². The van der Waals surface area contributed by atoms with Crippen LogP contribution >= 0.6 is 0 Å². The second-order valence-electron chi connectivity index (χ2n) is 5.72. The highest BCUT2D eigenvalue weighted by Crippen LogP contribution is 2.58. The van der Waals surface area contributed by atoms with Gasteiger partial charge in [0.15, 0.2) is 0 Å². The van der Waals surface area contributed by atoms with Gasteiger partial charge in [0, 0.05) is 0 Å². The highest BCUT2D eigenvalue weighted by atomic mass is 16.3. The van der Waals surface area contributed by atoms with E-state index in [-0.39, 0.29) is 6.61 Å². The molecule has 1 N–H and O–H groups in total. The summed E-state index contributed by atoms with van der Waals surface area (Å²) in [7, 11) is 0. The molecule has 0 spiro atoms. The first kappa shape index (κ1) is 10.9. The van der Waals surface area contributed by atoms with Crippen LogP contribution in [0.15, 0.2) is 23.3 Å². The summed E-state index contributed by atoms with van der Waals surface area (Å²) >= 11 is 0. The zero-order chi connectivity index (χ0) is 11.1. The van der Waals surface area contributed by atoms with Gasteiger partial charge in [-0.05, 0) is 49.0 Å². The van der Waals surface area contributed by atoms with Gasteiger partial charge in [0.05, 0.1) is 6.61 Å². The maximum absolute atomic E-state index is 8.97. The van der Waals surface area contributed by atoms with Crippen molar-refractivity contribution < 1.29 is 5.11 Å². The molecule has 0 aliphatic heterocycles. The Balaban J connectivity index is 2.22. The van der Waals surface area contributed by atoms with Crippen molar-refractivity contribution in [2.75, 3.05) is 6.61 Å². The number of aliphatic hydroxyl groups excluding tert-OH is 1. The molecule has 0 radical (unpaired) electrons. The molecule has 2 aliphatic carbocycles. The van der Waals surface area contributed by atoms with Gasteiger partial charge in [-0.3, -0.25) is 0 Å². The Morgan fingerprint density at radius 2 is 2.20 bits per heavy atom. The van der Waals surface area contributed by atoms with E-state index in [9.17, 15) is 0 Å². The molecule has 84 valence electrons. The molecule has 2 fully saturated rings. The van der Waals surface area contributed by atoms with E-state index < -0.39 is 0 Å². The molecule has 0 amide bonds. The molecule has 0 heterocycles. The van der Waals surface area contributed by atoms with Crippen LogP contribution in [0.4, 0.5) is 0 Å². The molecule has 2 bridgehead atoms. The second-order valence-corrected chi connectivity index (χ2v) is 5.72. The molecule has 15 heavy (non-hydrogen) atoms. The van der Waals surface area contributed by atoms with Gasteiger partial charge in [0.1, 0.15) is 0 Å². The zero-order valence-electron chi connectivity index (χ0n) is 10.1. The van der Waals surface area contributed by atoms with Crippen molar-refractivity contribution in [1.82, 2.24) is 0 Å². The lowest BCUT2D eigenvalue weighted by atomic mass is 9.72. The first-order chi connectivity index (χ1) is 7.05. The van der Waals surface area contributed by atoms with Crippen LogP contribution in [0.5, 0.6) is 0 Å².